The summed E-state index contributed by atoms with van der Waals surface area (Å²) in [6.07, 6.45) is 4.36. The first-order valence-electron chi connectivity index (χ1n) is 5.24. The summed E-state index contributed by atoms with van der Waals surface area (Å²) in [5.41, 5.74) is 1.12. The maximum Gasteiger partial charge on any atom is 0.129 e. The van der Waals surface area contributed by atoms with Gasteiger partial charge in [0.2, 0.25) is 0 Å². The molecule has 5 heteroatoms. The Hall–Kier alpha value is -0.450. The van der Waals surface area contributed by atoms with Crippen LogP contribution in [-0.2, 0) is 10.8 Å². The number of hydrogen-bond acceptors (Lipinski definition) is 3. The average molecular weight is 261 g/mol. The van der Waals surface area contributed by atoms with Crippen LogP contribution >= 0.6 is 11.6 Å². The average Bonchev–Trinajstić information content (AvgIpc) is 2.24. The number of aromatic nitrogens is 1. The summed E-state index contributed by atoms with van der Waals surface area (Å²) in [5.74, 6) is 0.747. The van der Waals surface area contributed by atoms with Crippen LogP contribution in [0.3, 0.4) is 0 Å². The molecule has 1 rings (SSSR count). The summed E-state index contributed by atoms with van der Waals surface area (Å²) < 4.78 is 10.9. The van der Waals surface area contributed by atoms with E-state index in [1.54, 1.807) is 12.5 Å². The Kier molecular flexibility index (Phi) is 5.95. The Labute approximate surface area is 104 Å². The van der Waals surface area contributed by atoms with Crippen LogP contribution in [0.5, 0.6) is 0 Å². The zero-order chi connectivity index (χ0) is 12.0. The summed E-state index contributed by atoms with van der Waals surface area (Å²) in [6.45, 7) is 2.94. The molecule has 0 aromatic carbocycles. The van der Waals surface area contributed by atoms with Gasteiger partial charge in [-0.15, -0.1) is 0 Å². The van der Waals surface area contributed by atoms with Crippen LogP contribution in [0.15, 0.2) is 18.3 Å². The number of nitrogens with zero attached hydrogens (tertiary/aromatic N) is 1. The highest BCUT2D eigenvalue weighted by atomic mass is 35.5. The highest BCUT2D eigenvalue weighted by Gasteiger charge is 2.04. The molecule has 0 aliphatic rings. The van der Waals surface area contributed by atoms with Crippen molar-refractivity contribution in [1.29, 1.82) is 0 Å². The Balaban J connectivity index is 2.35. The van der Waals surface area contributed by atoms with E-state index in [1.165, 1.54) is 0 Å². The van der Waals surface area contributed by atoms with E-state index in [0.29, 0.717) is 5.15 Å². The van der Waals surface area contributed by atoms with Crippen LogP contribution in [0.2, 0.25) is 5.15 Å². The summed E-state index contributed by atoms with van der Waals surface area (Å²) in [6, 6.07) is 4.05. The van der Waals surface area contributed by atoms with Crippen LogP contribution in [0.1, 0.15) is 24.9 Å². The summed E-state index contributed by atoms with van der Waals surface area (Å²) in [5, 5.41) is 3.88. The quantitative estimate of drug-likeness (QED) is 0.630. The van der Waals surface area contributed by atoms with Gasteiger partial charge >= 0.3 is 0 Å². The Morgan fingerprint density at radius 3 is 3.00 bits per heavy atom. The van der Waals surface area contributed by atoms with Crippen molar-refractivity contribution in [3.8, 4) is 0 Å². The maximum absolute atomic E-state index is 10.9. The normalized spacial score (nSPS) is 14.7. The molecule has 1 aromatic heterocycles. The first kappa shape index (κ1) is 13.6. The molecule has 0 aliphatic carbocycles. The maximum atomic E-state index is 10.9. The van der Waals surface area contributed by atoms with Gasteiger partial charge < -0.3 is 5.32 Å². The van der Waals surface area contributed by atoms with Gasteiger partial charge in [-0.1, -0.05) is 11.6 Å². The minimum Gasteiger partial charge on any atom is -0.310 e. The number of hydrogen-bond donors (Lipinski definition) is 1. The molecule has 1 heterocycles. The lowest BCUT2D eigenvalue weighted by Crippen LogP contribution is -2.21. The van der Waals surface area contributed by atoms with E-state index in [9.17, 15) is 4.21 Å². The zero-order valence-corrected chi connectivity index (χ0v) is 11.1. The van der Waals surface area contributed by atoms with Crippen molar-refractivity contribution in [3.05, 3.63) is 29.0 Å². The molecule has 0 fully saturated rings. The summed E-state index contributed by atoms with van der Waals surface area (Å²) in [7, 11) is -0.700. The third-order valence-electron chi connectivity index (χ3n) is 2.31. The molecule has 1 aromatic rings. The first-order chi connectivity index (χ1) is 7.59. The number of pyridine rings is 1. The predicted molar refractivity (Wildman–Crippen MR) is 69.2 cm³/mol. The second kappa shape index (κ2) is 6.99. The molecule has 2 unspecified atom stereocenters. The van der Waals surface area contributed by atoms with E-state index in [0.717, 1.165) is 24.3 Å². The number of halogens is 1. The molecular formula is C11H17ClN2OS. The minimum atomic E-state index is -0.700. The fraction of sp³-hybridized carbons (Fsp3) is 0.545. The molecule has 0 spiro atoms. The highest BCUT2D eigenvalue weighted by molar-refractivity contribution is 7.84. The van der Waals surface area contributed by atoms with Crippen LogP contribution in [-0.4, -0.2) is 27.7 Å². The predicted octanol–water partition coefficient (Wildman–Crippen LogP) is 2.15. The molecule has 0 radical (unpaired) electrons. The van der Waals surface area contributed by atoms with Gasteiger partial charge in [0.15, 0.2) is 0 Å². The van der Waals surface area contributed by atoms with Gasteiger partial charge in [-0.2, -0.15) is 0 Å². The molecule has 0 saturated carbocycles. The van der Waals surface area contributed by atoms with Crippen molar-refractivity contribution in [1.82, 2.24) is 10.3 Å². The van der Waals surface area contributed by atoms with Gasteiger partial charge in [-0.3, -0.25) is 4.21 Å². The Morgan fingerprint density at radius 2 is 2.38 bits per heavy atom. The summed E-state index contributed by atoms with van der Waals surface area (Å²) in [4.78, 5) is 3.94. The topological polar surface area (TPSA) is 42.0 Å². The number of nitrogens with one attached hydrogen (secondary N) is 1. The van der Waals surface area contributed by atoms with Crippen LogP contribution < -0.4 is 5.32 Å². The Morgan fingerprint density at radius 1 is 1.62 bits per heavy atom. The Bertz CT molecular complexity index is 360. The van der Waals surface area contributed by atoms with Gasteiger partial charge in [-0.25, -0.2) is 4.98 Å². The molecule has 0 aliphatic heterocycles. The SMILES string of the molecule is CC(NCCCS(C)=O)c1ccnc(Cl)c1. The smallest absolute Gasteiger partial charge is 0.129 e. The van der Waals surface area contributed by atoms with Crippen LogP contribution in [0.25, 0.3) is 0 Å². The van der Waals surface area contributed by atoms with E-state index < -0.39 is 10.8 Å². The van der Waals surface area contributed by atoms with Gasteiger partial charge in [0, 0.05) is 35.0 Å². The van der Waals surface area contributed by atoms with Crippen molar-refractivity contribution >= 4 is 22.4 Å². The molecule has 3 nitrogen and oxygen atoms in total. The minimum absolute atomic E-state index is 0.241. The molecule has 1 N–H and O–H groups in total. The van der Waals surface area contributed by atoms with Crippen LogP contribution in [0, 0.1) is 0 Å². The third kappa shape index (κ3) is 5.05. The fourth-order valence-corrected chi connectivity index (χ4v) is 2.13. The standard InChI is InChI=1S/C11H17ClN2OS/c1-9(13-5-3-7-16(2)15)10-4-6-14-11(12)8-10/h4,6,8-9,13H,3,5,7H2,1-2H3. The number of rotatable bonds is 6. The molecule has 0 amide bonds. The van der Waals surface area contributed by atoms with Crippen molar-refractivity contribution in [2.45, 2.75) is 19.4 Å². The molecular weight excluding hydrogens is 244 g/mol. The van der Waals surface area contributed by atoms with Crippen molar-refractivity contribution in [3.63, 3.8) is 0 Å². The van der Waals surface area contributed by atoms with Crippen molar-refractivity contribution in [2.24, 2.45) is 0 Å². The first-order valence-corrected chi connectivity index (χ1v) is 7.35. The largest absolute Gasteiger partial charge is 0.310 e. The van der Waals surface area contributed by atoms with E-state index in [2.05, 4.69) is 17.2 Å². The van der Waals surface area contributed by atoms with Gasteiger partial charge in [-0.05, 0) is 37.6 Å². The lowest BCUT2D eigenvalue weighted by Gasteiger charge is -2.13. The monoisotopic (exact) mass is 260 g/mol. The van der Waals surface area contributed by atoms with E-state index in [-0.39, 0.29) is 6.04 Å². The molecule has 0 bridgehead atoms. The third-order valence-corrected chi connectivity index (χ3v) is 3.38. The van der Waals surface area contributed by atoms with E-state index in [4.69, 9.17) is 11.6 Å². The van der Waals surface area contributed by atoms with E-state index in [1.807, 2.05) is 12.1 Å². The highest BCUT2D eigenvalue weighted by Crippen LogP contribution is 2.14. The van der Waals surface area contributed by atoms with Crippen molar-refractivity contribution < 1.29 is 4.21 Å². The lowest BCUT2D eigenvalue weighted by molar-refractivity contribution is 0.570. The van der Waals surface area contributed by atoms with Gasteiger partial charge in [0.05, 0.1) is 0 Å². The van der Waals surface area contributed by atoms with Crippen LogP contribution in [0.4, 0.5) is 0 Å². The molecule has 90 valence electrons. The lowest BCUT2D eigenvalue weighted by atomic mass is 10.1. The van der Waals surface area contributed by atoms with Gasteiger partial charge in [0.1, 0.15) is 5.15 Å². The van der Waals surface area contributed by atoms with E-state index >= 15 is 0 Å². The molecule has 0 saturated heterocycles. The summed E-state index contributed by atoms with van der Waals surface area (Å²) >= 11 is 5.81. The second-order valence-electron chi connectivity index (χ2n) is 3.72. The second-order valence-corrected chi connectivity index (χ2v) is 5.66. The van der Waals surface area contributed by atoms with Gasteiger partial charge in [0.25, 0.3) is 0 Å². The molecule has 16 heavy (non-hydrogen) atoms. The zero-order valence-electron chi connectivity index (χ0n) is 9.57. The fourth-order valence-electron chi connectivity index (χ4n) is 1.40. The molecule has 2 atom stereocenters. The van der Waals surface area contributed by atoms with Crippen molar-refractivity contribution in [2.75, 3.05) is 18.6 Å².